The van der Waals surface area contributed by atoms with Crippen molar-refractivity contribution in [2.75, 3.05) is 6.54 Å². The predicted octanol–water partition coefficient (Wildman–Crippen LogP) is 4.21. The number of alkyl halides is 3. The van der Waals surface area contributed by atoms with Gasteiger partial charge in [0.2, 0.25) is 0 Å². The first-order valence-corrected chi connectivity index (χ1v) is 8.30. The van der Waals surface area contributed by atoms with Gasteiger partial charge in [0.25, 0.3) is 5.91 Å². The van der Waals surface area contributed by atoms with Crippen LogP contribution in [-0.4, -0.2) is 22.2 Å². The number of rotatable bonds is 5. The molecular weight excluding hydrogens is 359 g/mol. The van der Waals surface area contributed by atoms with Crippen molar-refractivity contribution in [3.05, 3.63) is 65.2 Å². The van der Waals surface area contributed by atoms with Crippen molar-refractivity contribution in [3.8, 4) is 11.3 Å². The molecule has 142 valence electrons. The molecule has 0 saturated heterocycles. The van der Waals surface area contributed by atoms with E-state index in [1.807, 2.05) is 19.9 Å². The lowest BCUT2D eigenvalue weighted by atomic mass is 10.1. The molecule has 0 fully saturated rings. The zero-order valence-electron chi connectivity index (χ0n) is 14.8. The quantitative estimate of drug-likeness (QED) is 0.725. The average Bonchev–Trinajstić information content (AvgIpc) is 3.22. The van der Waals surface area contributed by atoms with E-state index in [0.717, 1.165) is 29.1 Å². The monoisotopic (exact) mass is 377 g/mol. The molecule has 5 nitrogen and oxygen atoms in total. The highest BCUT2D eigenvalue weighted by Gasteiger charge is 2.30. The number of hydrogen-bond acceptors (Lipinski definition) is 3. The highest BCUT2D eigenvalue weighted by Crippen LogP contribution is 2.29. The lowest BCUT2D eigenvalue weighted by molar-refractivity contribution is -0.137. The molecule has 1 amide bonds. The third-order valence-electron chi connectivity index (χ3n) is 4.21. The van der Waals surface area contributed by atoms with Gasteiger partial charge in [0.05, 0.1) is 29.6 Å². The van der Waals surface area contributed by atoms with Crippen LogP contribution in [0.4, 0.5) is 13.2 Å². The van der Waals surface area contributed by atoms with Gasteiger partial charge in [-0.1, -0.05) is 6.07 Å². The number of nitrogens with zero attached hydrogens (tertiary/aromatic N) is 2. The van der Waals surface area contributed by atoms with Crippen molar-refractivity contribution in [3.63, 3.8) is 0 Å². The molecule has 3 aromatic rings. The highest BCUT2D eigenvalue weighted by molar-refractivity contribution is 5.94. The molecule has 2 aromatic heterocycles. The number of nitrogens with one attached hydrogen (secondary N) is 1. The lowest BCUT2D eigenvalue weighted by Gasteiger charge is -2.10. The van der Waals surface area contributed by atoms with Crippen molar-refractivity contribution in [2.24, 2.45) is 0 Å². The molecule has 0 aliphatic heterocycles. The molecule has 0 aliphatic carbocycles. The minimum Gasteiger partial charge on any atom is -0.464 e. The summed E-state index contributed by atoms with van der Waals surface area (Å²) in [5.74, 6) is 0.151. The Bertz CT molecular complexity index is 944. The molecule has 0 unspecified atom stereocenters. The predicted molar refractivity (Wildman–Crippen MR) is 93.2 cm³/mol. The summed E-state index contributed by atoms with van der Waals surface area (Å²) < 4.78 is 45.4. The largest absolute Gasteiger partial charge is 0.464 e. The molecule has 2 heterocycles. The Balaban J connectivity index is 1.65. The summed E-state index contributed by atoms with van der Waals surface area (Å²) in [4.78, 5) is 12.1. The van der Waals surface area contributed by atoms with Gasteiger partial charge in [-0.2, -0.15) is 18.3 Å². The van der Waals surface area contributed by atoms with E-state index < -0.39 is 17.6 Å². The minimum atomic E-state index is -4.48. The highest BCUT2D eigenvalue weighted by atomic mass is 19.4. The zero-order valence-corrected chi connectivity index (χ0v) is 14.8. The number of aryl methyl sites for hydroxylation is 1. The summed E-state index contributed by atoms with van der Waals surface area (Å²) in [5.41, 5.74) is 1.69. The molecule has 0 aliphatic rings. The maximum absolute atomic E-state index is 12.8. The summed E-state index contributed by atoms with van der Waals surface area (Å²) in [6, 6.07) is 7.98. The second-order valence-corrected chi connectivity index (χ2v) is 6.08. The van der Waals surface area contributed by atoms with Crippen LogP contribution in [0.25, 0.3) is 11.3 Å². The SMILES string of the molecule is Cc1nn(CCNC(=O)c2cccc(C(F)(F)F)c2)c(C)c1-c1ccco1. The van der Waals surface area contributed by atoms with Gasteiger partial charge in [-0.3, -0.25) is 9.48 Å². The van der Waals surface area contributed by atoms with Crippen LogP contribution in [-0.2, 0) is 12.7 Å². The van der Waals surface area contributed by atoms with Gasteiger partial charge < -0.3 is 9.73 Å². The standard InChI is InChI=1S/C19H18F3N3O2/c1-12-17(16-7-4-10-27-16)13(2)25(24-12)9-8-23-18(26)14-5-3-6-15(11-14)19(20,21)22/h3-7,10-11H,8-9H2,1-2H3,(H,23,26). The van der Waals surface area contributed by atoms with E-state index in [0.29, 0.717) is 12.3 Å². The van der Waals surface area contributed by atoms with E-state index in [4.69, 9.17) is 4.42 Å². The first-order valence-electron chi connectivity index (χ1n) is 8.30. The summed E-state index contributed by atoms with van der Waals surface area (Å²) in [6.45, 7) is 4.38. The van der Waals surface area contributed by atoms with Gasteiger partial charge in [0, 0.05) is 17.8 Å². The average molecular weight is 377 g/mol. The summed E-state index contributed by atoms with van der Waals surface area (Å²) in [6.07, 6.45) is -2.90. The Morgan fingerprint density at radius 2 is 2.00 bits per heavy atom. The maximum Gasteiger partial charge on any atom is 0.416 e. The Morgan fingerprint density at radius 1 is 1.22 bits per heavy atom. The molecule has 3 rings (SSSR count). The van der Waals surface area contributed by atoms with E-state index >= 15 is 0 Å². The number of carbonyl (C=O) groups is 1. The zero-order chi connectivity index (χ0) is 19.6. The first kappa shape index (κ1) is 18.8. The number of amides is 1. The van der Waals surface area contributed by atoms with Gasteiger partial charge in [-0.15, -0.1) is 0 Å². The van der Waals surface area contributed by atoms with Crippen molar-refractivity contribution in [1.82, 2.24) is 15.1 Å². The van der Waals surface area contributed by atoms with Crippen molar-refractivity contribution in [1.29, 1.82) is 0 Å². The van der Waals surface area contributed by atoms with Crippen LogP contribution in [0.15, 0.2) is 47.1 Å². The molecule has 0 atom stereocenters. The molecule has 0 spiro atoms. The molecule has 0 saturated carbocycles. The van der Waals surface area contributed by atoms with E-state index in [1.165, 1.54) is 12.1 Å². The third kappa shape index (κ3) is 4.05. The number of aromatic nitrogens is 2. The van der Waals surface area contributed by atoms with Crippen molar-refractivity contribution in [2.45, 2.75) is 26.6 Å². The van der Waals surface area contributed by atoms with Crippen LogP contribution in [0.5, 0.6) is 0 Å². The minimum absolute atomic E-state index is 0.0329. The van der Waals surface area contributed by atoms with Gasteiger partial charge in [-0.25, -0.2) is 0 Å². The van der Waals surface area contributed by atoms with E-state index in [2.05, 4.69) is 10.4 Å². The Labute approximate surface area is 153 Å². The van der Waals surface area contributed by atoms with Crippen LogP contribution in [0.1, 0.15) is 27.3 Å². The summed E-state index contributed by atoms with van der Waals surface area (Å²) in [5, 5.41) is 7.07. The molecule has 0 bridgehead atoms. The van der Waals surface area contributed by atoms with Gasteiger partial charge in [0.15, 0.2) is 0 Å². The van der Waals surface area contributed by atoms with E-state index in [-0.39, 0.29) is 12.1 Å². The molecular formula is C19H18F3N3O2. The van der Waals surface area contributed by atoms with Crippen molar-refractivity contribution >= 4 is 5.91 Å². The second kappa shape index (κ2) is 7.30. The Hall–Kier alpha value is -3.03. The molecule has 1 N–H and O–H groups in total. The topological polar surface area (TPSA) is 60.1 Å². The van der Waals surface area contributed by atoms with Crippen LogP contribution >= 0.6 is 0 Å². The molecule has 0 radical (unpaired) electrons. The van der Waals surface area contributed by atoms with Crippen LogP contribution < -0.4 is 5.32 Å². The first-order chi connectivity index (χ1) is 12.8. The van der Waals surface area contributed by atoms with E-state index in [1.54, 1.807) is 17.0 Å². The smallest absolute Gasteiger partial charge is 0.416 e. The third-order valence-corrected chi connectivity index (χ3v) is 4.21. The number of halogens is 3. The second-order valence-electron chi connectivity index (χ2n) is 6.08. The van der Waals surface area contributed by atoms with Crippen LogP contribution in [0, 0.1) is 13.8 Å². The summed E-state index contributed by atoms with van der Waals surface area (Å²) >= 11 is 0. The molecule has 8 heteroatoms. The normalized spacial score (nSPS) is 11.6. The van der Waals surface area contributed by atoms with Crippen molar-refractivity contribution < 1.29 is 22.4 Å². The molecule has 1 aromatic carbocycles. The Kier molecular flexibility index (Phi) is 5.07. The lowest BCUT2D eigenvalue weighted by Crippen LogP contribution is -2.28. The Morgan fingerprint density at radius 3 is 2.67 bits per heavy atom. The van der Waals surface area contributed by atoms with E-state index in [9.17, 15) is 18.0 Å². The maximum atomic E-state index is 12.8. The number of furan rings is 1. The van der Waals surface area contributed by atoms with Crippen LogP contribution in [0.2, 0.25) is 0 Å². The number of hydrogen-bond donors (Lipinski definition) is 1. The van der Waals surface area contributed by atoms with Gasteiger partial charge >= 0.3 is 6.18 Å². The fourth-order valence-electron chi connectivity index (χ4n) is 2.91. The fourth-order valence-corrected chi connectivity index (χ4v) is 2.91. The van der Waals surface area contributed by atoms with Crippen LogP contribution in [0.3, 0.4) is 0 Å². The number of benzene rings is 1. The summed E-state index contributed by atoms with van der Waals surface area (Å²) in [7, 11) is 0. The number of carbonyl (C=O) groups excluding carboxylic acids is 1. The molecule has 27 heavy (non-hydrogen) atoms. The van der Waals surface area contributed by atoms with Gasteiger partial charge in [0.1, 0.15) is 5.76 Å². The fraction of sp³-hybridized carbons (Fsp3) is 0.263. The van der Waals surface area contributed by atoms with Gasteiger partial charge in [-0.05, 0) is 44.2 Å².